The van der Waals surface area contributed by atoms with Crippen LogP contribution in [0.3, 0.4) is 0 Å². The van der Waals surface area contributed by atoms with Crippen molar-refractivity contribution in [2.75, 3.05) is 12.5 Å². The van der Waals surface area contributed by atoms with Crippen molar-refractivity contribution >= 4 is 19.9 Å². The molecule has 1 nitrogen and oxygen atoms in total. The minimum Gasteiger partial charge on any atom is -0.411 e. The van der Waals surface area contributed by atoms with Crippen LogP contribution >= 0.6 is 11.6 Å². The van der Waals surface area contributed by atoms with Crippen molar-refractivity contribution in [3.8, 4) is 0 Å². The van der Waals surface area contributed by atoms with E-state index in [1.807, 2.05) is 0 Å². The molecule has 0 saturated carbocycles. The Kier molecular flexibility index (Phi) is 7.58. The van der Waals surface area contributed by atoms with Crippen LogP contribution in [-0.4, -0.2) is 20.8 Å². The number of rotatable bonds is 8. The highest BCUT2D eigenvalue weighted by molar-refractivity contribution is 6.81. The molecule has 0 aliphatic rings. The van der Waals surface area contributed by atoms with E-state index in [4.69, 9.17) is 16.0 Å². The van der Waals surface area contributed by atoms with Gasteiger partial charge in [0.05, 0.1) is 0 Å². The van der Waals surface area contributed by atoms with Gasteiger partial charge in [0.25, 0.3) is 0 Å². The number of hydrogen-bond acceptors (Lipinski definition) is 1. The second kappa shape index (κ2) is 7.48. The summed E-state index contributed by atoms with van der Waals surface area (Å²) in [6.07, 6.45) is 2.32. The fourth-order valence-corrected chi connectivity index (χ4v) is 6.49. The van der Waals surface area contributed by atoms with E-state index in [9.17, 15) is 0 Å². The molecule has 3 heteroatoms. The lowest BCUT2D eigenvalue weighted by atomic mass is 10.3. The lowest BCUT2D eigenvalue weighted by molar-refractivity contribution is 0.311. The van der Waals surface area contributed by atoms with E-state index in [2.05, 4.69) is 40.0 Å². The monoisotopic (exact) mass is 248 g/mol. The summed E-state index contributed by atoms with van der Waals surface area (Å²) in [5.74, 6) is 0.579. The van der Waals surface area contributed by atoms with Crippen LogP contribution in [0.2, 0.25) is 11.1 Å². The van der Waals surface area contributed by atoms with E-state index in [-0.39, 0.29) is 0 Å². The Labute approximate surface area is 101 Å². The molecule has 15 heavy (non-hydrogen) atoms. The molecule has 0 aromatic carbocycles. The molecule has 0 spiro atoms. The van der Waals surface area contributed by atoms with Gasteiger partial charge in [0, 0.05) is 12.5 Å². The Balaban J connectivity index is 4.82. The molecule has 0 radical (unpaired) electrons. The van der Waals surface area contributed by atoms with Gasteiger partial charge in [-0.3, -0.25) is 0 Å². The molecule has 0 heterocycles. The zero-order valence-corrected chi connectivity index (χ0v) is 12.3. The molecule has 0 aliphatic carbocycles. The molecule has 0 bridgehead atoms. The Morgan fingerprint density at radius 1 is 1.27 bits per heavy atom. The van der Waals surface area contributed by atoms with Crippen molar-refractivity contribution < 1.29 is 4.43 Å². The van der Waals surface area contributed by atoms with E-state index in [0.29, 0.717) is 23.6 Å². The van der Waals surface area contributed by atoms with Gasteiger partial charge >= 0.3 is 0 Å². The topological polar surface area (TPSA) is 9.23 Å². The lowest BCUT2D eigenvalue weighted by Crippen LogP contribution is -2.45. The minimum atomic E-state index is -1.82. The molecule has 0 N–H and O–H groups in total. The fraction of sp³-hybridized carbons (Fsp3) is 0.833. The summed E-state index contributed by atoms with van der Waals surface area (Å²) >= 11 is 5.72. The molecule has 0 saturated heterocycles. The molecule has 0 aromatic rings. The van der Waals surface area contributed by atoms with Crippen LogP contribution in [0.15, 0.2) is 12.3 Å². The second-order valence-electron chi connectivity index (χ2n) is 4.21. The maximum atomic E-state index is 6.12. The highest BCUT2D eigenvalue weighted by atomic mass is 35.5. The van der Waals surface area contributed by atoms with Crippen molar-refractivity contribution in [1.29, 1.82) is 0 Å². The first-order valence-corrected chi connectivity index (χ1v) is 8.59. The van der Waals surface area contributed by atoms with Crippen molar-refractivity contribution in [2.24, 2.45) is 0 Å². The van der Waals surface area contributed by atoms with E-state index in [0.717, 1.165) is 12.8 Å². The Hall–Kier alpha value is 0.207. The van der Waals surface area contributed by atoms with Crippen molar-refractivity contribution in [2.45, 2.75) is 51.6 Å². The zero-order valence-electron chi connectivity index (χ0n) is 10.6. The van der Waals surface area contributed by atoms with Crippen molar-refractivity contribution in [3.05, 3.63) is 12.3 Å². The predicted octanol–water partition coefficient (Wildman–Crippen LogP) is 4.51. The standard InChI is InChI=1S/C12H25ClOSi/c1-6-11(4)15(8-3,12(5)7-2)14-10-9-13/h8,11-12H,3,6-7,9-10H2,1-2,4-5H3. The predicted molar refractivity (Wildman–Crippen MR) is 72.1 cm³/mol. The molecular weight excluding hydrogens is 224 g/mol. The largest absolute Gasteiger partial charge is 0.411 e. The molecule has 0 amide bonds. The third-order valence-electron chi connectivity index (χ3n) is 3.51. The quantitative estimate of drug-likeness (QED) is 0.454. The average Bonchev–Trinajstić information content (AvgIpc) is 2.29. The van der Waals surface area contributed by atoms with Crippen LogP contribution in [0.1, 0.15) is 40.5 Å². The van der Waals surface area contributed by atoms with Gasteiger partial charge in [-0.25, -0.2) is 0 Å². The first-order chi connectivity index (χ1) is 7.08. The average molecular weight is 249 g/mol. The zero-order chi connectivity index (χ0) is 11.9. The Morgan fingerprint density at radius 3 is 2.00 bits per heavy atom. The molecule has 0 aliphatic heterocycles. The second-order valence-corrected chi connectivity index (χ2v) is 8.97. The number of hydrogen-bond donors (Lipinski definition) is 0. The summed E-state index contributed by atoms with van der Waals surface area (Å²) in [4.78, 5) is 0. The van der Waals surface area contributed by atoms with Gasteiger partial charge in [0.1, 0.15) is 0 Å². The number of halogens is 1. The van der Waals surface area contributed by atoms with E-state index in [1.54, 1.807) is 0 Å². The summed E-state index contributed by atoms with van der Waals surface area (Å²) in [6.45, 7) is 13.7. The molecule has 0 fully saturated rings. The summed E-state index contributed by atoms with van der Waals surface area (Å²) in [5.41, 5.74) is 3.35. The van der Waals surface area contributed by atoms with E-state index < -0.39 is 8.32 Å². The molecule has 0 aromatic heterocycles. The summed E-state index contributed by atoms with van der Waals surface area (Å²) in [6, 6.07) is 0. The summed E-state index contributed by atoms with van der Waals surface area (Å²) in [7, 11) is -1.82. The van der Waals surface area contributed by atoms with Gasteiger partial charge in [-0.2, -0.15) is 0 Å². The molecule has 90 valence electrons. The SMILES string of the molecule is C=C[Si](OCCCl)(C(C)CC)C(C)CC. The first-order valence-electron chi connectivity index (χ1n) is 5.92. The summed E-state index contributed by atoms with van der Waals surface area (Å²) < 4.78 is 6.12. The van der Waals surface area contributed by atoms with Gasteiger partial charge in [0.15, 0.2) is 0 Å². The fourth-order valence-electron chi connectivity index (χ4n) is 2.08. The molecule has 2 atom stereocenters. The van der Waals surface area contributed by atoms with Crippen LogP contribution in [0.5, 0.6) is 0 Å². The van der Waals surface area contributed by atoms with Crippen LogP contribution in [-0.2, 0) is 4.43 Å². The van der Waals surface area contributed by atoms with Crippen LogP contribution < -0.4 is 0 Å². The Bertz CT molecular complexity index is 174. The third-order valence-corrected chi connectivity index (χ3v) is 8.91. The van der Waals surface area contributed by atoms with Gasteiger partial charge in [-0.1, -0.05) is 46.2 Å². The molecule has 2 unspecified atom stereocenters. The number of alkyl halides is 1. The maximum absolute atomic E-state index is 6.12. The van der Waals surface area contributed by atoms with Crippen molar-refractivity contribution in [1.82, 2.24) is 0 Å². The minimum absolute atomic E-state index is 0.579. The van der Waals surface area contributed by atoms with Gasteiger partial charge in [-0.15, -0.1) is 18.2 Å². The van der Waals surface area contributed by atoms with Crippen LogP contribution in [0.4, 0.5) is 0 Å². The summed E-state index contributed by atoms with van der Waals surface area (Å²) in [5, 5.41) is 0. The van der Waals surface area contributed by atoms with E-state index >= 15 is 0 Å². The highest BCUT2D eigenvalue weighted by Crippen LogP contribution is 2.38. The highest BCUT2D eigenvalue weighted by Gasteiger charge is 2.41. The van der Waals surface area contributed by atoms with Gasteiger partial charge in [0.2, 0.25) is 8.32 Å². The van der Waals surface area contributed by atoms with Crippen LogP contribution in [0.25, 0.3) is 0 Å². The van der Waals surface area contributed by atoms with Crippen molar-refractivity contribution in [3.63, 3.8) is 0 Å². The van der Waals surface area contributed by atoms with Gasteiger partial charge in [-0.05, 0) is 11.1 Å². The normalized spacial score (nSPS) is 19.3. The maximum Gasteiger partial charge on any atom is 0.222 e. The Morgan fingerprint density at radius 2 is 1.73 bits per heavy atom. The van der Waals surface area contributed by atoms with E-state index in [1.165, 1.54) is 0 Å². The molecule has 0 rings (SSSR count). The first kappa shape index (κ1) is 15.2. The van der Waals surface area contributed by atoms with Gasteiger partial charge < -0.3 is 4.43 Å². The smallest absolute Gasteiger partial charge is 0.222 e. The third kappa shape index (κ3) is 3.61. The van der Waals surface area contributed by atoms with Crippen LogP contribution in [0, 0.1) is 0 Å². The lowest BCUT2D eigenvalue weighted by Gasteiger charge is -2.38. The molecular formula is C12H25ClOSi.